The number of benzene rings is 3. The molecule has 1 amide bonds. The zero-order chi connectivity index (χ0) is 26.6. The molecule has 6 nitrogen and oxygen atoms in total. The summed E-state index contributed by atoms with van der Waals surface area (Å²) < 4.78 is 29.0. The fraction of sp³-hybridized carbons (Fsp3) is 0.367. The molecular formula is C30H37N3O3S. The van der Waals surface area contributed by atoms with Gasteiger partial charge in [-0.05, 0) is 65.6 Å². The maximum atomic E-state index is 13.4. The van der Waals surface area contributed by atoms with E-state index in [9.17, 15) is 13.2 Å². The number of carbonyl (C=O) groups is 1. The monoisotopic (exact) mass is 519 g/mol. The zero-order valence-corrected chi connectivity index (χ0v) is 22.9. The fourth-order valence-electron chi connectivity index (χ4n) is 4.53. The molecular weight excluding hydrogens is 482 g/mol. The van der Waals surface area contributed by atoms with Gasteiger partial charge in [-0.2, -0.15) is 0 Å². The van der Waals surface area contributed by atoms with Crippen LogP contribution >= 0.6 is 0 Å². The number of nitrogens with zero attached hydrogens (tertiary/aromatic N) is 1. The Balaban J connectivity index is 1.60. The van der Waals surface area contributed by atoms with Crippen LogP contribution in [-0.2, 0) is 22.0 Å². The lowest BCUT2D eigenvalue weighted by molar-refractivity contribution is 0.0951. The second-order valence-electron chi connectivity index (χ2n) is 10.9. The zero-order valence-electron chi connectivity index (χ0n) is 22.1. The predicted molar refractivity (Wildman–Crippen MR) is 151 cm³/mol. The second kappa shape index (κ2) is 11.0. The highest BCUT2D eigenvalue weighted by molar-refractivity contribution is 7.92. The quantitative estimate of drug-likeness (QED) is 0.404. The Morgan fingerprint density at radius 1 is 0.946 bits per heavy atom. The van der Waals surface area contributed by atoms with Gasteiger partial charge in [-0.3, -0.25) is 9.52 Å². The minimum Gasteiger partial charge on any atom is -0.371 e. The summed E-state index contributed by atoms with van der Waals surface area (Å²) in [6.45, 7) is 10.6. The normalized spacial score (nSPS) is 14.9. The molecule has 0 aliphatic carbocycles. The van der Waals surface area contributed by atoms with Crippen LogP contribution in [0.4, 0.5) is 11.4 Å². The Morgan fingerprint density at radius 2 is 1.59 bits per heavy atom. The topological polar surface area (TPSA) is 78.5 Å². The number of nitrogens with one attached hydrogen (secondary N) is 2. The van der Waals surface area contributed by atoms with E-state index in [1.165, 1.54) is 0 Å². The first-order valence-corrected chi connectivity index (χ1v) is 14.4. The standard InChI is InChI=1S/C30H37N3O3S/c1-22-16-18-33(19-17-22)28-15-12-25(20-27(28)29(34)31-21-23-8-6-5-7-9-23)32-37(35,36)26-13-10-24(11-14-26)30(2,3)4/h5-15,20,22,32H,16-19,21H2,1-4H3,(H,31,34). The average molecular weight is 520 g/mol. The molecule has 196 valence electrons. The summed E-state index contributed by atoms with van der Waals surface area (Å²) in [5.74, 6) is 0.426. The first kappa shape index (κ1) is 26.7. The molecule has 0 spiro atoms. The summed E-state index contributed by atoms with van der Waals surface area (Å²) in [7, 11) is -3.81. The van der Waals surface area contributed by atoms with Gasteiger partial charge in [0.25, 0.3) is 15.9 Å². The van der Waals surface area contributed by atoms with E-state index in [4.69, 9.17) is 0 Å². The predicted octanol–water partition coefficient (Wildman–Crippen LogP) is 5.95. The van der Waals surface area contributed by atoms with Crippen LogP contribution < -0.4 is 14.9 Å². The lowest BCUT2D eigenvalue weighted by Crippen LogP contribution is -2.35. The summed E-state index contributed by atoms with van der Waals surface area (Å²) in [6, 6.07) is 21.9. The molecule has 0 bridgehead atoms. The van der Waals surface area contributed by atoms with Crippen LogP contribution in [0.5, 0.6) is 0 Å². The Bertz CT molecular complexity index is 1320. The molecule has 1 aliphatic rings. The van der Waals surface area contributed by atoms with Crippen molar-refractivity contribution in [3.05, 3.63) is 89.5 Å². The fourth-order valence-corrected chi connectivity index (χ4v) is 5.58. The van der Waals surface area contributed by atoms with E-state index in [1.807, 2.05) is 48.5 Å². The highest BCUT2D eigenvalue weighted by Crippen LogP contribution is 2.30. The second-order valence-corrected chi connectivity index (χ2v) is 12.6. The van der Waals surface area contributed by atoms with Crippen LogP contribution in [0.3, 0.4) is 0 Å². The van der Waals surface area contributed by atoms with Crippen LogP contribution in [0.1, 0.15) is 62.0 Å². The van der Waals surface area contributed by atoms with E-state index < -0.39 is 10.0 Å². The van der Waals surface area contributed by atoms with Gasteiger partial charge in [0.05, 0.1) is 10.5 Å². The third-order valence-electron chi connectivity index (χ3n) is 6.94. The van der Waals surface area contributed by atoms with Gasteiger partial charge < -0.3 is 10.2 Å². The molecule has 0 aromatic heterocycles. The molecule has 1 fully saturated rings. The molecule has 0 unspecified atom stereocenters. The third kappa shape index (κ3) is 6.72. The van der Waals surface area contributed by atoms with Crippen LogP contribution in [-0.4, -0.2) is 27.4 Å². The Labute approximate surface area is 221 Å². The molecule has 3 aromatic rings. The summed E-state index contributed by atoms with van der Waals surface area (Å²) in [5, 5.41) is 3.00. The molecule has 0 radical (unpaired) electrons. The molecule has 0 atom stereocenters. The van der Waals surface area contributed by atoms with E-state index in [2.05, 4.69) is 42.6 Å². The number of piperidine rings is 1. The molecule has 1 saturated heterocycles. The van der Waals surface area contributed by atoms with Crippen LogP contribution in [0.25, 0.3) is 0 Å². The van der Waals surface area contributed by atoms with Crippen molar-refractivity contribution in [1.82, 2.24) is 5.32 Å². The van der Waals surface area contributed by atoms with Crippen LogP contribution in [0, 0.1) is 5.92 Å². The van der Waals surface area contributed by atoms with Gasteiger partial charge in [-0.25, -0.2) is 8.42 Å². The van der Waals surface area contributed by atoms with Gasteiger partial charge in [0.1, 0.15) is 0 Å². The number of rotatable bonds is 7. The minimum atomic E-state index is -3.81. The summed E-state index contributed by atoms with van der Waals surface area (Å²) >= 11 is 0. The smallest absolute Gasteiger partial charge is 0.261 e. The molecule has 4 rings (SSSR count). The van der Waals surface area contributed by atoms with Crippen LogP contribution in [0.2, 0.25) is 0 Å². The highest BCUT2D eigenvalue weighted by atomic mass is 32.2. The maximum Gasteiger partial charge on any atom is 0.261 e. The van der Waals surface area contributed by atoms with Crippen molar-refractivity contribution in [3.63, 3.8) is 0 Å². The van der Waals surface area contributed by atoms with Gasteiger partial charge in [-0.15, -0.1) is 0 Å². The van der Waals surface area contributed by atoms with Crippen molar-refractivity contribution < 1.29 is 13.2 Å². The lowest BCUT2D eigenvalue weighted by Gasteiger charge is -2.33. The first-order valence-electron chi connectivity index (χ1n) is 12.9. The van der Waals surface area contributed by atoms with E-state index in [-0.39, 0.29) is 16.2 Å². The molecule has 1 heterocycles. The first-order chi connectivity index (χ1) is 17.5. The number of carbonyl (C=O) groups excluding carboxylic acids is 1. The Hall–Kier alpha value is -3.32. The minimum absolute atomic E-state index is 0.0696. The van der Waals surface area contributed by atoms with Crippen molar-refractivity contribution >= 4 is 27.3 Å². The van der Waals surface area contributed by atoms with Crippen molar-refractivity contribution in [3.8, 4) is 0 Å². The average Bonchev–Trinajstić information content (AvgIpc) is 2.88. The third-order valence-corrected chi connectivity index (χ3v) is 8.34. The number of sulfonamides is 1. The molecule has 0 saturated carbocycles. The summed E-state index contributed by atoms with van der Waals surface area (Å²) in [4.78, 5) is 15.8. The SMILES string of the molecule is CC1CCN(c2ccc(NS(=O)(=O)c3ccc(C(C)(C)C)cc3)cc2C(=O)NCc2ccccc2)CC1. The number of amides is 1. The largest absolute Gasteiger partial charge is 0.371 e. The number of anilines is 2. The van der Waals surface area contributed by atoms with Gasteiger partial charge in [0.2, 0.25) is 0 Å². The van der Waals surface area contributed by atoms with Gasteiger partial charge in [0.15, 0.2) is 0 Å². The van der Waals surface area contributed by atoms with Crippen molar-refractivity contribution in [2.75, 3.05) is 22.7 Å². The van der Waals surface area contributed by atoms with Crippen LogP contribution in [0.15, 0.2) is 77.7 Å². The van der Waals surface area contributed by atoms with Gasteiger partial charge in [-0.1, -0.05) is 70.2 Å². The van der Waals surface area contributed by atoms with Crippen molar-refractivity contribution in [1.29, 1.82) is 0 Å². The summed E-state index contributed by atoms with van der Waals surface area (Å²) in [6.07, 6.45) is 2.12. The molecule has 7 heteroatoms. The van der Waals surface area contributed by atoms with E-state index >= 15 is 0 Å². The van der Waals surface area contributed by atoms with Gasteiger partial charge in [0, 0.05) is 31.0 Å². The van der Waals surface area contributed by atoms with Crippen molar-refractivity contribution in [2.24, 2.45) is 5.92 Å². The number of hydrogen-bond acceptors (Lipinski definition) is 4. The van der Waals surface area contributed by atoms with Crippen molar-refractivity contribution in [2.45, 2.75) is 57.4 Å². The highest BCUT2D eigenvalue weighted by Gasteiger charge is 2.23. The van der Waals surface area contributed by atoms with E-state index in [0.717, 1.165) is 42.7 Å². The van der Waals surface area contributed by atoms with E-state index in [0.29, 0.717) is 23.7 Å². The Kier molecular flexibility index (Phi) is 7.93. The van der Waals surface area contributed by atoms with E-state index in [1.54, 1.807) is 24.3 Å². The van der Waals surface area contributed by atoms with Gasteiger partial charge >= 0.3 is 0 Å². The molecule has 1 aliphatic heterocycles. The molecule has 37 heavy (non-hydrogen) atoms. The summed E-state index contributed by atoms with van der Waals surface area (Å²) in [5.41, 5.74) is 3.64. The lowest BCUT2D eigenvalue weighted by atomic mass is 9.87. The number of hydrogen-bond donors (Lipinski definition) is 2. The maximum absolute atomic E-state index is 13.4. The molecule has 3 aromatic carbocycles. The Morgan fingerprint density at radius 3 is 2.22 bits per heavy atom. The molecule has 2 N–H and O–H groups in total.